The molecule has 3 N–H and O–H groups in total. The minimum absolute atomic E-state index is 0.145. The van der Waals surface area contributed by atoms with Crippen LogP contribution in [-0.4, -0.2) is 40.2 Å². The van der Waals surface area contributed by atoms with Crippen molar-refractivity contribution >= 4 is 46.1 Å². The summed E-state index contributed by atoms with van der Waals surface area (Å²) in [5.74, 6) is 2.77. The number of hydrogen-bond donors (Lipinski definition) is 2. The fourth-order valence-electron chi connectivity index (χ4n) is 6.60. The SMILES string of the molecule is CN=C1N=C(N)[C@@](C)(c2cccc(CC3(C)CC3)c2)CCCC(C)(C)CSCCc2c(c(F)cc3[nH]ccc23)Sc2ccnc1c2. The Bertz CT molecular complexity index is 1790. The van der Waals surface area contributed by atoms with Gasteiger partial charge in [0.2, 0.25) is 0 Å². The highest BCUT2D eigenvalue weighted by molar-refractivity contribution is 7.99. The molecule has 1 fully saturated rings. The number of pyridine rings is 1. The molecular formula is C38H46FN5S2. The van der Waals surface area contributed by atoms with Crippen LogP contribution in [-0.2, 0) is 18.3 Å². The van der Waals surface area contributed by atoms with Crippen molar-refractivity contribution in [1.82, 2.24) is 9.97 Å². The van der Waals surface area contributed by atoms with Crippen LogP contribution in [0.15, 0.2) is 80.7 Å². The molecule has 8 heteroatoms. The van der Waals surface area contributed by atoms with E-state index in [0.717, 1.165) is 65.0 Å². The largest absolute Gasteiger partial charge is 0.386 e. The molecular weight excluding hydrogens is 610 g/mol. The number of amidine groups is 2. The van der Waals surface area contributed by atoms with E-state index in [9.17, 15) is 0 Å². The first-order valence-corrected chi connectivity index (χ1v) is 18.4. The van der Waals surface area contributed by atoms with Crippen LogP contribution in [0.25, 0.3) is 10.9 Å². The van der Waals surface area contributed by atoms with Gasteiger partial charge >= 0.3 is 0 Å². The minimum Gasteiger partial charge on any atom is -0.386 e. The molecule has 0 unspecified atom stereocenters. The standard InChI is InChI=1S/C38H46FN5S2/c1-36(2)13-7-14-38(4,26-9-6-8-25(20-26)23-37(3)15-16-37)35(40)44-34(41-5)32-21-27(10-17-43-32)46-33-29(12-19-45-24-36)28-11-18-42-31(28)22-30(33)39/h6,8-11,17-18,20-22,42H,7,12-16,19,23-24H2,1-5H3,(H2,40,41,44)/t38-/m1/s1. The van der Waals surface area contributed by atoms with Crippen molar-refractivity contribution in [2.45, 2.75) is 87.8 Å². The van der Waals surface area contributed by atoms with Crippen molar-refractivity contribution in [2.75, 3.05) is 18.6 Å². The number of halogens is 1. The van der Waals surface area contributed by atoms with Gasteiger partial charge in [-0.2, -0.15) is 11.8 Å². The number of hydrogen-bond acceptors (Lipinski definition) is 5. The van der Waals surface area contributed by atoms with Gasteiger partial charge < -0.3 is 10.7 Å². The number of nitrogens with zero attached hydrogens (tertiary/aromatic N) is 3. The maximum Gasteiger partial charge on any atom is 0.175 e. The van der Waals surface area contributed by atoms with E-state index in [1.165, 1.54) is 35.7 Å². The summed E-state index contributed by atoms with van der Waals surface area (Å²) < 4.78 is 15.7. The first kappa shape index (κ1) is 32.8. The zero-order valence-electron chi connectivity index (χ0n) is 27.8. The van der Waals surface area contributed by atoms with Crippen LogP contribution in [0.5, 0.6) is 0 Å². The normalized spacial score (nSPS) is 22.9. The molecule has 5 nitrogen and oxygen atoms in total. The van der Waals surface area contributed by atoms with Crippen molar-refractivity contribution in [2.24, 2.45) is 26.5 Å². The maximum absolute atomic E-state index is 15.7. The highest BCUT2D eigenvalue weighted by atomic mass is 32.2. The summed E-state index contributed by atoms with van der Waals surface area (Å²) in [6, 6.07) is 16.5. The zero-order valence-corrected chi connectivity index (χ0v) is 29.4. The fraction of sp³-hybridized carbons (Fsp3) is 0.447. The first-order valence-electron chi connectivity index (χ1n) is 16.4. The second kappa shape index (κ2) is 13.2. The highest BCUT2D eigenvalue weighted by Crippen LogP contribution is 2.48. The molecule has 6 rings (SSSR count). The Hall–Kier alpha value is -3.10. The third-order valence-corrected chi connectivity index (χ3v) is 12.5. The molecule has 3 heterocycles. The summed E-state index contributed by atoms with van der Waals surface area (Å²) in [6.07, 6.45) is 11.1. The highest BCUT2D eigenvalue weighted by Gasteiger charge is 2.38. The Morgan fingerprint density at radius 1 is 1.02 bits per heavy atom. The average Bonchev–Trinajstić information content (AvgIpc) is 3.56. The molecule has 1 atom stereocenters. The number of nitrogens with one attached hydrogen (secondary N) is 1. The van der Waals surface area contributed by atoms with Gasteiger partial charge in [-0.25, -0.2) is 9.38 Å². The van der Waals surface area contributed by atoms with Crippen LogP contribution < -0.4 is 5.73 Å². The Morgan fingerprint density at radius 2 is 1.85 bits per heavy atom. The second-order valence-corrected chi connectivity index (χ2v) is 16.7. The Kier molecular flexibility index (Phi) is 9.41. The summed E-state index contributed by atoms with van der Waals surface area (Å²) in [7, 11) is 1.73. The minimum atomic E-state index is -0.471. The molecule has 2 aliphatic rings. The Labute approximate surface area is 281 Å². The van der Waals surface area contributed by atoms with Crippen LogP contribution in [0, 0.1) is 16.6 Å². The molecule has 2 aromatic carbocycles. The van der Waals surface area contributed by atoms with Gasteiger partial charge in [0.15, 0.2) is 5.84 Å². The lowest BCUT2D eigenvalue weighted by Crippen LogP contribution is -2.40. The summed E-state index contributed by atoms with van der Waals surface area (Å²) in [6.45, 7) is 9.33. The van der Waals surface area contributed by atoms with Gasteiger partial charge in [0, 0.05) is 40.7 Å². The lowest BCUT2D eigenvalue weighted by atomic mass is 9.74. The quantitative estimate of drug-likeness (QED) is 0.231. The lowest BCUT2D eigenvalue weighted by Gasteiger charge is -2.32. The monoisotopic (exact) mass is 655 g/mol. The van der Waals surface area contributed by atoms with Gasteiger partial charge in [-0.3, -0.25) is 9.98 Å². The van der Waals surface area contributed by atoms with E-state index in [-0.39, 0.29) is 11.2 Å². The smallest absolute Gasteiger partial charge is 0.175 e. The molecule has 2 aromatic heterocycles. The predicted octanol–water partition coefficient (Wildman–Crippen LogP) is 9.37. The van der Waals surface area contributed by atoms with Crippen molar-refractivity contribution < 1.29 is 4.39 Å². The van der Waals surface area contributed by atoms with Gasteiger partial charge in [-0.1, -0.05) is 63.2 Å². The molecule has 242 valence electrons. The molecule has 0 radical (unpaired) electrons. The van der Waals surface area contributed by atoms with Crippen molar-refractivity contribution in [3.63, 3.8) is 0 Å². The Morgan fingerprint density at radius 3 is 2.63 bits per heavy atom. The van der Waals surface area contributed by atoms with Crippen molar-refractivity contribution in [1.29, 1.82) is 0 Å². The molecule has 46 heavy (non-hydrogen) atoms. The number of aromatic amines is 1. The molecule has 0 amide bonds. The predicted molar refractivity (Wildman–Crippen MR) is 194 cm³/mol. The van der Waals surface area contributed by atoms with Crippen LogP contribution in [0.1, 0.15) is 82.2 Å². The number of benzene rings is 2. The average molecular weight is 656 g/mol. The van der Waals surface area contributed by atoms with Crippen molar-refractivity contribution in [3.8, 4) is 0 Å². The van der Waals surface area contributed by atoms with Crippen LogP contribution >= 0.6 is 23.5 Å². The topological polar surface area (TPSA) is 79.4 Å². The van der Waals surface area contributed by atoms with Crippen molar-refractivity contribution in [3.05, 3.63) is 89.1 Å². The van der Waals surface area contributed by atoms with Crippen LogP contribution in [0.3, 0.4) is 0 Å². The van der Waals surface area contributed by atoms with Crippen LogP contribution in [0.4, 0.5) is 4.39 Å². The number of aryl methyl sites for hydroxylation is 1. The molecule has 4 aromatic rings. The zero-order chi connectivity index (χ0) is 32.5. The van der Waals surface area contributed by atoms with E-state index >= 15 is 4.39 Å². The Balaban J connectivity index is 1.41. The number of aromatic nitrogens is 2. The van der Waals surface area contributed by atoms with E-state index in [1.54, 1.807) is 19.3 Å². The van der Waals surface area contributed by atoms with E-state index in [4.69, 9.17) is 10.7 Å². The lowest BCUT2D eigenvalue weighted by molar-refractivity contribution is 0.353. The first-order chi connectivity index (χ1) is 22.0. The number of nitrogens with two attached hydrogens (primary N) is 1. The number of thioether (sulfide) groups is 1. The molecule has 1 aliphatic carbocycles. The summed E-state index contributed by atoms with van der Waals surface area (Å²) >= 11 is 3.40. The summed E-state index contributed by atoms with van der Waals surface area (Å²) in [4.78, 5) is 18.9. The second-order valence-electron chi connectivity index (χ2n) is 14.5. The summed E-state index contributed by atoms with van der Waals surface area (Å²) in [5, 5.41) is 1.08. The molecule has 0 saturated heterocycles. The number of aliphatic imine (C=N–C) groups is 2. The van der Waals surface area contributed by atoms with Gasteiger partial charge in [0.1, 0.15) is 17.3 Å². The molecule has 0 spiro atoms. The third kappa shape index (κ3) is 7.23. The molecule has 1 aliphatic heterocycles. The maximum atomic E-state index is 15.7. The molecule has 2 bridgehead atoms. The van der Waals surface area contributed by atoms with Crippen LogP contribution in [0.2, 0.25) is 0 Å². The van der Waals surface area contributed by atoms with Gasteiger partial charge in [0.25, 0.3) is 0 Å². The van der Waals surface area contributed by atoms with E-state index in [1.807, 2.05) is 30.1 Å². The number of fused-ring (bicyclic) bond motifs is 5. The fourth-order valence-corrected chi connectivity index (χ4v) is 8.82. The van der Waals surface area contributed by atoms with Gasteiger partial charge in [-0.15, -0.1) is 0 Å². The van der Waals surface area contributed by atoms with E-state index in [2.05, 4.69) is 73.0 Å². The number of rotatable bonds is 3. The third-order valence-electron chi connectivity index (χ3n) is 9.87. The van der Waals surface area contributed by atoms with E-state index < -0.39 is 5.41 Å². The summed E-state index contributed by atoms with van der Waals surface area (Å²) in [5.41, 5.74) is 12.2. The number of H-pyrrole nitrogens is 1. The van der Waals surface area contributed by atoms with Gasteiger partial charge in [-0.05, 0) is 109 Å². The molecule has 1 saturated carbocycles. The van der Waals surface area contributed by atoms with E-state index in [0.29, 0.717) is 27.7 Å². The van der Waals surface area contributed by atoms with Gasteiger partial charge in [0.05, 0.1) is 4.90 Å².